The number of quaternary nitrogens is 1. The first-order chi connectivity index (χ1) is 16.4. The lowest BCUT2D eigenvalue weighted by Crippen LogP contribution is -3.13. The number of alkyl halides is 3. The Balaban J connectivity index is 1.38. The molecular formula is C24H22F3N6O+. The fraction of sp³-hybridized carbons (Fsp3) is 0.250. The van der Waals surface area contributed by atoms with Crippen LogP contribution < -0.4 is 4.90 Å². The van der Waals surface area contributed by atoms with E-state index in [1.165, 1.54) is 10.5 Å². The van der Waals surface area contributed by atoms with E-state index in [0.717, 1.165) is 25.7 Å². The average Bonchev–Trinajstić information content (AvgIpc) is 3.28. The first-order valence-corrected chi connectivity index (χ1v) is 11.0. The zero-order valence-electron chi connectivity index (χ0n) is 18.2. The fourth-order valence-electron chi connectivity index (χ4n) is 4.15. The minimum atomic E-state index is -4.69. The van der Waals surface area contributed by atoms with Crippen LogP contribution in [0.1, 0.15) is 21.9 Å². The standard InChI is InChI=1S/C24H21F3N6O/c25-24(26,27)20-15-19(18-9-5-2-6-10-18)28-23-29-21(30-33(20)23)22(34)32-13-11-31(12-14-32)16-17-7-3-1-4-8-17/h1-10,15H,11-14,16H2/p+1. The number of hydrogen-bond donors (Lipinski definition) is 1. The van der Waals surface area contributed by atoms with Crippen molar-refractivity contribution in [1.29, 1.82) is 0 Å². The summed E-state index contributed by atoms with van der Waals surface area (Å²) in [6, 6.07) is 19.6. The predicted molar refractivity (Wildman–Crippen MR) is 118 cm³/mol. The minimum Gasteiger partial charge on any atom is -0.328 e. The van der Waals surface area contributed by atoms with Crippen molar-refractivity contribution in [2.75, 3.05) is 26.2 Å². The van der Waals surface area contributed by atoms with Gasteiger partial charge in [0.2, 0.25) is 5.82 Å². The molecule has 5 rings (SSSR count). The third-order valence-electron chi connectivity index (χ3n) is 5.92. The van der Waals surface area contributed by atoms with Gasteiger partial charge in [0.05, 0.1) is 31.9 Å². The Bertz CT molecular complexity index is 1300. The summed E-state index contributed by atoms with van der Waals surface area (Å²) in [4.78, 5) is 24.3. The van der Waals surface area contributed by atoms with E-state index in [-0.39, 0.29) is 17.3 Å². The van der Waals surface area contributed by atoms with E-state index in [0.29, 0.717) is 23.2 Å². The summed E-state index contributed by atoms with van der Waals surface area (Å²) < 4.78 is 42.0. The molecule has 1 N–H and O–H groups in total. The average molecular weight is 467 g/mol. The van der Waals surface area contributed by atoms with E-state index < -0.39 is 17.8 Å². The van der Waals surface area contributed by atoms with Gasteiger partial charge in [-0.3, -0.25) is 4.79 Å². The van der Waals surface area contributed by atoms with Crippen LogP contribution in [0.2, 0.25) is 0 Å². The number of benzene rings is 2. The zero-order valence-corrected chi connectivity index (χ0v) is 18.2. The maximum Gasteiger partial charge on any atom is 0.433 e. The SMILES string of the molecule is O=C(c1nc2nc(-c3ccccc3)cc(C(F)(F)F)n2n1)N1CC[NH+](Cc2ccccc2)CC1. The molecule has 4 aromatic rings. The van der Waals surface area contributed by atoms with Crippen molar-refractivity contribution in [3.05, 3.63) is 83.8 Å². The Morgan fingerprint density at radius 3 is 2.24 bits per heavy atom. The molecule has 7 nitrogen and oxygen atoms in total. The lowest BCUT2D eigenvalue weighted by Gasteiger charge is -2.31. The molecule has 1 saturated heterocycles. The van der Waals surface area contributed by atoms with Gasteiger partial charge >= 0.3 is 6.18 Å². The van der Waals surface area contributed by atoms with Crippen LogP contribution in [0.25, 0.3) is 17.0 Å². The molecule has 0 spiro atoms. The van der Waals surface area contributed by atoms with Gasteiger partial charge in [-0.1, -0.05) is 60.7 Å². The van der Waals surface area contributed by atoms with Crippen LogP contribution in [0.3, 0.4) is 0 Å². The minimum absolute atomic E-state index is 0.116. The summed E-state index contributed by atoms with van der Waals surface area (Å²) in [5.74, 6) is -1.03. The first kappa shape index (κ1) is 22.0. The zero-order chi connectivity index (χ0) is 23.7. The van der Waals surface area contributed by atoms with Crippen LogP contribution in [0.5, 0.6) is 0 Å². The Morgan fingerprint density at radius 1 is 0.941 bits per heavy atom. The summed E-state index contributed by atoms with van der Waals surface area (Å²) in [6.45, 7) is 3.28. The highest BCUT2D eigenvalue weighted by molar-refractivity contribution is 5.91. The van der Waals surface area contributed by atoms with Crippen molar-refractivity contribution >= 4 is 11.7 Å². The third kappa shape index (κ3) is 4.49. The van der Waals surface area contributed by atoms with Crippen LogP contribution in [0, 0.1) is 0 Å². The molecule has 0 radical (unpaired) electrons. The molecule has 0 unspecified atom stereocenters. The Hall–Kier alpha value is -3.79. The summed E-state index contributed by atoms with van der Waals surface area (Å²) >= 11 is 0. The van der Waals surface area contributed by atoms with Crippen LogP contribution in [-0.4, -0.2) is 56.6 Å². The second kappa shape index (κ2) is 8.86. The molecule has 1 aliphatic rings. The molecule has 1 amide bonds. The van der Waals surface area contributed by atoms with Gasteiger partial charge in [0.15, 0.2) is 5.69 Å². The molecule has 174 valence electrons. The van der Waals surface area contributed by atoms with E-state index in [1.54, 1.807) is 35.2 Å². The number of aromatic nitrogens is 4. The van der Waals surface area contributed by atoms with Crippen molar-refractivity contribution in [1.82, 2.24) is 24.5 Å². The number of hydrogen-bond acceptors (Lipinski definition) is 4. The van der Waals surface area contributed by atoms with Crippen molar-refractivity contribution in [2.24, 2.45) is 0 Å². The van der Waals surface area contributed by atoms with E-state index in [2.05, 4.69) is 27.2 Å². The van der Waals surface area contributed by atoms with E-state index in [1.807, 2.05) is 18.2 Å². The maximum absolute atomic E-state index is 13.8. The monoisotopic (exact) mass is 467 g/mol. The number of piperazine rings is 1. The van der Waals surface area contributed by atoms with Gasteiger partial charge in [0, 0.05) is 11.1 Å². The van der Waals surface area contributed by atoms with Crippen LogP contribution >= 0.6 is 0 Å². The molecule has 2 aromatic carbocycles. The highest BCUT2D eigenvalue weighted by atomic mass is 19.4. The topological polar surface area (TPSA) is 67.8 Å². The Morgan fingerprint density at radius 2 is 1.59 bits per heavy atom. The van der Waals surface area contributed by atoms with Crippen molar-refractivity contribution in [2.45, 2.75) is 12.7 Å². The van der Waals surface area contributed by atoms with E-state index in [9.17, 15) is 18.0 Å². The fourth-order valence-corrected chi connectivity index (χ4v) is 4.15. The molecule has 1 aliphatic heterocycles. The quantitative estimate of drug-likeness (QED) is 0.501. The molecule has 0 atom stereocenters. The molecule has 10 heteroatoms. The highest BCUT2D eigenvalue weighted by Gasteiger charge is 2.36. The van der Waals surface area contributed by atoms with E-state index in [4.69, 9.17) is 0 Å². The first-order valence-electron chi connectivity index (χ1n) is 11.0. The molecule has 2 aromatic heterocycles. The molecule has 0 aliphatic carbocycles. The van der Waals surface area contributed by atoms with Gasteiger partial charge in [-0.2, -0.15) is 22.7 Å². The number of carbonyl (C=O) groups excluding carboxylic acids is 1. The normalized spacial score (nSPS) is 15.1. The predicted octanol–water partition coefficient (Wildman–Crippen LogP) is 2.35. The second-order valence-electron chi connectivity index (χ2n) is 8.24. The number of rotatable bonds is 4. The van der Waals surface area contributed by atoms with Gasteiger partial charge in [-0.25, -0.2) is 4.98 Å². The number of amides is 1. The Kier molecular flexibility index (Phi) is 5.74. The van der Waals surface area contributed by atoms with Gasteiger partial charge in [0.1, 0.15) is 6.54 Å². The number of nitrogens with one attached hydrogen (secondary N) is 1. The summed E-state index contributed by atoms with van der Waals surface area (Å²) in [7, 11) is 0. The van der Waals surface area contributed by atoms with Gasteiger partial charge < -0.3 is 9.80 Å². The van der Waals surface area contributed by atoms with Gasteiger partial charge in [-0.15, -0.1) is 5.10 Å². The largest absolute Gasteiger partial charge is 0.433 e. The number of halogens is 3. The smallest absolute Gasteiger partial charge is 0.328 e. The molecule has 34 heavy (non-hydrogen) atoms. The van der Waals surface area contributed by atoms with Crippen molar-refractivity contribution in [3.8, 4) is 11.3 Å². The van der Waals surface area contributed by atoms with Gasteiger partial charge in [0.25, 0.3) is 11.7 Å². The number of nitrogens with zero attached hydrogens (tertiary/aromatic N) is 5. The maximum atomic E-state index is 13.8. The summed E-state index contributed by atoms with van der Waals surface area (Å²) in [5, 5.41) is 3.90. The van der Waals surface area contributed by atoms with Crippen LogP contribution in [-0.2, 0) is 12.7 Å². The lowest BCUT2D eigenvalue weighted by molar-refractivity contribution is -0.917. The summed E-state index contributed by atoms with van der Waals surface area (Å²) in [6.07, 6.45) is -4.69. The molecule has 3 heterocycles. The van der Waals surface area contributed by atoms with Crippen molar-refractivity contribution in [3.63, 3.8) is 0 Å². The molecule has 1 fully saturated rings. The highest BCUT2D eigenvalue weighted by Crippen LogP contribution is 2.31. The summed E-state index contributed by atoms with van der Waals surface area (Å²) in [5.41, 5.74) is 0.827. The molecular weight excluding hydrogens is 445 g/mol. The number of fused-ring (bicyclic) bond motifs is 1. The third-order valence-corrected chi connectivity index (χ3v) is 5.92. The van der Waals surface area contributed by atoms with Crippen LogP contribution in [0.4, 0.5) is 13.2 Å². The van der Waals surface area contributed by atoms with Crippen molar-refractivity contribution < 1.29 is 22.9 Å². The Labute approximate surface area is 193 Å². The lowest BCUT2D eigenvalue weighted by atomic mass is 10.1. The second-order valence-corrected chi connectivity index (χ2v) is 8.24. The molecule has 0 saturated carbocycles. The van der Waals surface area contributed by atoms with E-state index >= 15 is 0 Å². The number of carbonyl (C=O) groups is 1. The van der Waals surface area contributed by atoms with Gasteiger partial charge in [-0.05, 0) is 6.07 Å². The van der Waals surface area contributed by atoms with Crippen LogP contribution in [0.15, 0.2) is 66.7 Å². The molecule has 0 bridgehead atoms.